The van der Waals surface area contributed by atoms with Crippen molar-refractivity contribution in [3.8, 4) is 0 Å². The molecule has 0 aliphatic carbocycles. The number of nitrogens with one attached hydrogen (secondary N) is 1. The van der Waals surface area contributed by atoms with E-state index in [0.717, 1.165) is 28.9 Å². The van der Waals surface area contributed by atoms with Crippen molar-refractivity contribution in [2.45, 2.75) is 32.5 Å². The lowest BCUT2D eigenvalue weighted by molar-refractivity contribution is 0.0377. The van der Waals surface area contributed by atoms with Gasteiger partial charge in [-0.2, -0.15) is 0 Å². The summed E-state index contributed by atoms with van der Waals surface area (Å²) in [7, 11) is 0. The molecule has 0 amide bonds. The van der Waals surface area contributed by atoms with E-state index in [4.69, 9.17) is 10.6 Å². The van der Waals surface area contributed by atoms with Crippen molar-refractivity contribution in [2.75, 3.05) is 0 Å². The molecule has 23 heavy (non-hydrogen) atoms. The van der Waals surface area contributed by atoms with Crippen LogP contribution in [0.25, 0.3) is 0 Å². The van der Waals surface area contributed by atoms with Gasteiger partial charge >= 0.3 is 0 Å². The second-order valence-electron chi connectivity index (χ2n) is 5.99. The quantitative estimate of drug-likeness (QED) is 0.885. The molecule has 0 spiro atoms. The van der Waals surface area contributed by atoms with E-state index in [1.165, 1.54) is 0 Å². The van der Waals surface area contributed by atoms with Crippen molar-refractivity contribution in [3.05, 3.63) is 71.3 Å². The van der Waals surface area contributed by atoms with Crippen LogP contribution >= 0.6 is 0 Å². The summed E-state index contributed by atoms with van der Waals surface area (Å²) in [6.07, 6.45) is 0.775. The van der Waals surface area contributed by atoms with Gasteiger partial charge in [-0.25, -0.2) is 15.3 Å². The Bertz CT molecular complexity index is 667. The smallest absolute Gasteiger partial charge is 0.202 e. The average Bonchev–Trinajstić information content (AvgIpc) is 3.11. The van der Waals surface area contributed by atoms with Gasteiger partial charge in [-0.1, -0.05) is 74.9 Å². The van der Waals surface area contributed by atoms with Crippen molar-refractivity contribution in [1.82, 2.24) is 5.48 Å². The van der Waals surface area contributed by atoms with Crippen LogP contribution in [-0.2, 0) is 4.84 Å². The van der Waals surface area contributed by atoms with Gasteiger partial charge in [0.25, 0.3) is 0 Å². The SMILES string of the molecule is CCC(C)C(N)c1ccc(C2=NC(c3ccccc3)ON2)cc1. The van der Waals surface area contributed by atoms with Crippen molar-refractivity contribution in [2.24, 2.45) is 16.6 Å². The monoisotopic (exact) mass is 309 g/mol. The van der Waals surface area contributed by atoms with E-state index in [0.29, 0.717) is 5.92 Å². The molecular weight excluding hydrogens is 286 g/mol. The number of amidine groups is 1. The molecule has 4 heteroatoms. The summed E-state index contributed by atoms with van der Waals surface area (Å²) in [4.78, 5) is 10.2. The van der Waals surface area contributed by atoms with Gasteiger partial charge in [0, 0.05) is 17.2 Å². The summed E-state index contributed by atoms with van der Waals surface area (Å²) >= 11 is 0. The van der Waals surface area contributed by atoms with Crippen LogP contribution in [0.5, 0.6) is 0 Å². The summed E-state index contributed by atoms with van der Waals surface area (Å²) in [5.41, 5.74) is 12.4. The van der Waals surface area contributed by atoms with Gasteiger partial charge in [-0.3, -0.25) is 0 Å². The van der Waals surface area contributed by atoms with E-state index in [9.17, 15) is 0 Å². The van der Waals surface area contributed by atoms with Crippen LogP contribution in [0.1, 0.15) is 49.2 Å². The number of nitrogens with two attached hydrogens (primary N) is 1. The molecule has 0 bridgehead atoms. The average molecular weight is 309 g/mol. The van der Waals surface area contributed by atoms with Gasteiger partial charge in [0.05, 0.1) is 0 Å². The standard InChI is InChI=1S/C19H23N3O/c1-3-13(2)17(20)14-9-11-15(12-10-14)18-21-19(23-22-18)16-7-5-4-6-8-16/h4-13,17,19H,3,20H2,1-2H3,(H,21,22). The summed E-state index contributed by atoms with van der Waals surface area (Å²) in [6.45, 7) is 4.34. The molecule has 0 radical (unpaired) electrons. The summed E-state index contributed by atoms with van der Waals surface area (Å²) in [5.74, 6) is 1.22. The highest BCUT2D eigenvalue weighted by Crippen LogP contribution is 2.25. The summed E-state index contributed by atoms with van der Waals surface area (Å²) < 4.78 is 0. The molecule has 1 heterocycles. The third kappa shape index (κ3) is 3.44. The lowest BCUT2D eigenvalue weighted by Gasteiger charge is -2.18. The first-order valence-electron chi connectivity index (χ1n) is 8.09. The highest BCUT2D eigenvalue weighted by atomic mass is 16.7. The molecule has 2 aromatic rings. The van der Waals surface area contributed by atoms with Gasteiger partial charge in [0.1, 0.15) is 0 Å². The largest absolute Gasteiger partial charge is 0.324 e. The van der Waals surface area contributed by atoms with Crippen molar-refractivity contribution < 1.29 is 4.84 Å². The van der Waals surface area contributed by atoms with E-state index in [-0.39, 0.29) is 12.3 Å². The lowest BCUT2D eigenvalue weighted by Crippen LogP contribution is -2.20. The molecule has 3 N–H and O–H groups in total. The Morgan fingerprint density at radius 3 is 2.48 bits per heavy atom. The zero-order valence-corrected chi connectivity index (χ0v) is 13.6. The Labute approximate surface area is 137 Å². The first-order valence-corrected chi connectivity index (χ1v) is 8.09. The first kappa shape index (κ1) is 15.7. The zero-order valence-electron chi connectivity index (χ0n) is 13.6. The maximum Gasteiger partial charge on any atom is 0.202 e. The molecule has 3 atom stereocenters. The van der Waals surface area contributed by atoms with E-state index < -0.39 is 0 Å². The second-order valence-corrected chi connectivity index (χ2v) is 5.99. The topological polar surface area (TPSA) is 59.6 Å². The molecule has 4 nitrogen and oxygen atoms in total. The highest BCUT2D eigenvalue weighted by Gasteiger charge is 2.21. The molecule has 1 aliphatic heterocycles. The highest BCUT2D eigenvalue weighted by molar-refractivity contribution is 5.98. The van der Waals surface area contributed by atoms with Crippen LogP contribution in [0.4, 0.5) is 0 Å². The van der Waals surface area contributed by atoms with E-state index in [2.05, 4.69) is 36.5 Å². The molecule has 0 aromatic heterocycles. The third-order valence-corrected chi connectivity index (χ3v) is 4.42. The first-order chi connectivity index (χ1) is 11.2. The normalized spacial score (nSPS) is 19.8. The van der Waals surface area contributed by atoms with Crippen molar-refractivity contribution >= 4 is 5.84 Å². The number of hydrogen-bond acceptors (Lipinski definition) is 4. The van der Waals surface area contributed by atoms with Crippen LogP contribution in [0.3, 0.4) is 0 Å². The molecule has 120 valence electrons. The predicted molar refractivity (Wildman–Crippen MR) is 92.8 cm³/mol. The number of hydroxylamine groups is 1. The molecule has 3 unspecified atom stereocenters. The Balaban J connectivity index is 1.75. The fourth-order valence-electron chi connectivity index (χ4n) is 2.62. The van der Waals surface area contributed by atoms with Crippen LogP contribution in [0.2, 0.25) is 0 Å². The molecular formula is C19H23N3O. The van der Waals surface area contributed by atoms with E-state index >= 15 is 0 Å². The fraction of sp³-hybridized carbons (Fsp3) is 0.316. The molecule has 3 rings (SSSR count). The van der Waals surface area contributed by atoms with Gasteiger partial charge < -0.3 is 5.73 Å². The van der Waals surface area contributed by atoms with Gasteiger partial charge in [-0.05, 0) is 11.5 Å². The Hall–Kier alpha value is -2.17. The van der Waals surface area contributed by atoms with Crippen molar-refractivity contribution in [1.29, 1.82) is 0 Å². The third-order valence-electron chi connectivity index (χ3n) is 4.42. The van der Waals surface area contributed by atoms with Crippen LogP contribution in [-0.4, -0.2) is 5.84 Å². The maximum absolute atomic E-state index is 6.28. The number of benzene rings is 2. The fourth-order valence-corrected chi connectivity index (χ4v) is 2.62. The second kappa shape index (κ2) is 6.94. The predicted octanol–water partition coefficient (Wildman–Crippen LogP) is 3.71. The Morgan fingerprint density at radius 2 is 1.83 bits per heavy atom. The van der Waals surface area contributed by atoms with Crippen LogP contribution in [0.15, 0.2) is 59.6 Å². The molecule has 2 aromatic carbocycles. The lowest BCUT2D eigenvalue weighted by atomic mass is 9.93. The Morgan fingerprint density at radius 1 is 1.13 bits per heavy atom. The minimum Gasteiger partial charge on any atom is -0.324 e. The number of hydrogen-bond donors (Lipinski definition) is 2. The zero-order chi connectivity index (χ0) is 16.2. The molecule has 0 saturated heterocycles. The number of rotatable bonds is 5. The van der Waals surface area contributed by atoms with Crippen molar-refractivity contribution in [3.63, 3.8) is 0 Å². The van der Waals surface area contributed by atoms with Gasteiger partial charge in [-0.15, -0.1) is 0 Å². The minimum atomic E-state index is -0.298. The van der Waals surface area contributed by atoms with E-state index in [1.807, 2.05) is 42.5 Å². The number of aliphatic imine (C=N–C) groups is 1. The summed E-state index contributed by atoms with van der Waals surface area (Å²) in [5, 5.41) is 0. The minimum absolute atomic E-state index is 0.0702. The van der Waals surface area contributed by atoms with E-state index in [1.54, 1.807) is 0 Å². The van der Waals surface area contributed by atoms with Gasteiger partial charge in [0.15, 0.2) is 5.84 Å². The van der Waals surface area contributed by atoms with Crippen LogP contribution < -0.4 is 11.2 Å². The number of nitrogens with zero attached hydrogens (tertiary/aromatic N) is 1. The van der Waals surface area contributed by atoms with Gasteiger partial charge in [0.2, 0.25) is 6.23 Å². The van der Waals surface area contributed by atoms with Crippen LogP contribution in [0, 0.1) is 5.92 Å². The maximum atomic E-state index is 6.28. The summed E-state index contributed by atoms with van der Waals surface area (Å²) in [6, 6.07) is 18.3. The molecule has 0 saturated carbocycles. The Kier molecular flexibility index (Phi) is 4.74. The molecule has 1 aliphatic rings. The molecule has 0 fully saturated rings.